The van der Waals surface area contributed by atoms with Gasteiger partial charge in [-0.15, -0.1) is 0 Å². The SMILES string of the molecule is C=C1c2ccc(OCC3CCCO3)cc2C=CN1c1ccc(N2CCC(NCCCOC)C2)c(F)c1. The maximum Gasteiger partial charge on any atom is 0.148 e. The molecule has 0 amide bonds. The maximum atomic E-state index is 15.2. The topological polar surface area (TPSA) is 46.2 Å². The molecule has 0 aliphatic carbocycles. The van der Waals surface area contributed by atoms with E-state index in [2.05, 4.69) is 16.8 Å². The number of fused-ring (bicyclic) bond motifs is 1. The van der Waals surface area contributed by atoms with Gasteiger partial charge in [-0.3, -0.25) is 0 Å². The van der Waals surface area contributed by atoms with Crippen molar-refractivity contribution in [2.24, 2.45) is 0 Å². The van der Waals surface area contributed by atoms with Crippen LogP contribution in [-0.4, -0.2) is 58.7 Å². The van der Waals surface area contributed by atoms with Gasteiger partial charge in [0, 0.05) is 68.7 Å². The fourth-order valence-corrected chi connectivity index (χ4v) is 5.18. The van der Waals surface area contributed by atoms with Crippen molar-refractivity contribution >= 4 is 23.1 Å². The smallest absolute Gasteiger partial charge is 0.148 e. The molecular formula is C29H36FN3O3. The first-order valence-electron chi connectivity index (χ1n) is 12.9. The predicted octanol–water partition coefficient (Wildman–Crippen LogP) is 5.05. The molecule has 0 bridgehead atoms. The van der Waals surface area contributed by atoms with Gasteiger partial charge in [0.2, 0.25) is 0 Å². The summed E-state index contributed by atoms with van der Waals surface area (Å²) in [7, 11) is 1.72. The van der Waals surface area contributed by atoms with Gasteiger partial charge in [0.1, 0.15) is 18.2 Å². The second kappa shape index (κ2) is 11.5. The lowest BCUT2D eigenvalue weighted by atomic mass is 10.0. The normalized spacial score (nSPS) is 21.3. The highest BCUT2D eigenvalue weighted by Gasteiger charge is 2.25. The zero-order valence-electron chi connectivity index (χ0n) is 21.0. The summed E-state index contributed by atoms with van der Waals surface area (Å²) in [6, 6.07) is 11.9. The molecule has 36 heavy (non-hydrogen) atoms. The van der Waals surface area contributed by atoms with Gasteiger partial charge in [-0.1, -0.05) is 6.58 Å². The Labute approximate surface area is 213 Å². The quantitative estimate of drug-likeness (QED) is 0.468. The molecule has 2 saturated heterocycles. The minimum atomic E-state index is -0.211. The first-order valence-corrected chi connectivity index (χ1v) is 12.9. The minimum absolute atomic E-state index is 0.184. The number of methoxy groups -OCH3 is 1. The molecule has 0 aromatic heterocycles. The Morgan fingerprint density at radius 3 is 2.92 bits per heavy atom. The molecule has 2 unspecified atom stereocenters. The van der Waals surface area contributed by atoms with Gasteiger partial charge in [-0.2, -0.15) is 0 Å². The van der Waals surface area contributed by atoms with E-state index in [9.17, 15) is 0 Å². The summed E-state index contributed by atoms with van der Waals surface area (Å²) in [6.45, 7) is 9.02. The summed E-state index contributed by atoms with van der Waals surface area (Å²) >= 11 is 0. The number of rotatable bonds is 10. The molecule has 2 aromatic carbocycles. The van der Waals surface area contributed by atoms with Crippen molar-refractivity contribution in [1.29, 1.82) is 0 Å². The van der Waals surface area contributed by atoms with Gasteiger partial charge < -0.3 is 29.3 Å². The van der Waals surface area contributed by atoms with Crippen molar-refractivity contribution in [3.8, 4) is 5.75 Å². The molecule has 6 nitrogen and oxygen atoms in total. The van der Waals surface area contributed by atoms with Crippen LogP contribution in [0, 0.1) is 5.82 Å². The van der Waals surface area contributed by atoms with E-state index >= 15 is 4.39 Å². The van der Waals surface area contributed by atoms with Crippen molar-refractivity contribution in [3.05, 3.63) is 66.1 Å². The maximum absolute atomic E-state index is 15.2. The first kappa shape index (κ1) is 24.8. The van der Waals surface area contributed by atoms with Crippen molar-refractivity contribution in [2.75, 3.05) is 56.4 Å². The van der Waals surface area contributed by atoms with Crippen LogP contribution in [0.4, 0.5) is 15.8 Å². The Bertz CT molecular complexity index is 1100. The summed E-state index contributed by atoms with van der Waals surface area (Å²) in [6.07, 6.45) is 8.29. The van der Waals surface area contributed by atoms with Crippen LogP contribution in [0.15, 0.2) is 49.2 Å². The third-order valence-electron chi connectivity index (χ3n) is 7.18. The monoisotopic (exact) mass is 493 g/mol. The molecule has 2 fully saturated rings. The van der Waals surface area contributed by atoms with Crippen molar-refractivity contribution in [3.63, 3.8) is 0 Å². The van der Waals surface area contributed by atoms with E-state index in [0.717, 1.165) is 86.8 Å². The van der Waals surface area contributed by atoms with E-state index < -0.39 is 0 Å². The lowest BCUT2D eigenvalue weighted by Gasteiger charge is -2.29. The fraction of sp³-hybridized carbons (Fsp3) is 0.448. The number of anilines is 2. The van der Waals surface area contributed by atoms with Gasteiger partial charge >= 0.3 is 0 Å². The Hall–Kier alpha value is -2.87. The molecule has 2 aromatic rings. The summed E-state index contributed by atoms with van der Waals surface area (Å²) < 4.78 is 31.9. The van der Waals surface area contributed by atoms with E-state index in [1.54, 1.807) is 13.2 Å². The van der Waals surface area contributed by atoms with E-state index in [1.165, 1.54) is 0 Å². The highest BCUT2D eigenvalue weighted by atomic mass is 19.1. The van der Waals surface area contributed by atoms with Crippen molar-refractivity contribution < 1.29 is 18.6 Å². The number of hydrogen-bond donors (Lipinski definition) is 1. The lowest BCUT2D eigenvalue weighted by Crippen LogP contribution is -2.33. The number of benzene rings is 2. The van der Waals surface area contributed by atoms with Crippen LogP contribution >= 0.6 is 0 Å². The van der Waals surface area contributed by atoms with Crippen molar-refractivity contribution in [1.82, 2.24) is 5.32 Å². The van der Waals surface area contributed by atoms with Crippen LogP contribution in [-0.2, 0) is 9.47 Å². The Morgan fingerprint density at radius 1 is 1.19 bits per heavy atom. The van der Waals surface area contributed by atoms with Gasteiger partial charge in [-0.25, -0.2) is 4.39 Å². The van der Waals surface area contributed by atoms with Crippen LogP contribution < -0.4 is 19.9 Å². The Kier molecular flexibility index (Phi) is 7.90. The number of nitrogens with one attached hydrogen (secondary N) is 1. The number of halogens is 1. The highest BCUT2D eigenvalue weighted by molar-refractivity contribution is 5.89. The number of hydrogen-bond acceptors (Lipinski definition) is 6. The van der Waals surface area contributed by atoms with Crippen LogP contribution in [0.25, 0.3) is 11.8 Å². The van der Waals surface area contributed by atoms with Crippen molar-refractivity contribution in [2.45, 2.75) is 37.8 Å². The Balaban J connectivity index is 1.22. The van der Waals surface area contributed by atoms with Crippen LogP contribution in [0.3, 0.4) is 0 Å². The summed E-state index contributed by atoms with van der Waals surface area (Å²) in [5.41, 5.74) is 4.27. The molecule has 0 saturated carbocycles. The molecule has 0 radical (unpaired) electrons. The lowest BCUT2D eigenvalue weighted by molar-refractivity contribution is 0.0679. The molecule has 192 valence electrons. The second-order valence-electron chi connectivity index (χ2n) is 9.70. The fourth-order valence-electron chi connectivity index (χ4n) is 5.18. The average Bonchev–Trinajstić information content (AvgIpc) is 3.58. The first-order chi connectivity index (χ1) is 17.6. The summed E-state index contributed by atoms with van der Waals surface area (Å²) in [4.78, 5) is 4.06. The van der Waals surface area contributed by atoms with Crippen LogP contribution in [0.2, 0.25) is 0 Å². The van der Waals surface area contributed by atoms with Gasteiger partial charge in [0.25, 0.3) is 0 Å². The zero-order chi connectivity index (χ0) is 24.9. The van der Waals surface area contributed by atoms with Crippen LogP contribution in [0.5, 0.6) is 5.75 Å². The molecule has 3 aliphatic rings. The van der Waals surface area contributed by atoms with Gasteiger partial charge in [0.15, 0.2) is 0 Å². The second-order valence-corrected chi connectivity index (χ2v) is 9.70. The van der Waals surface area contributed by atoms with Crippen LogP contribution in [0.1, 0.15) is 36.8 Å². The third kappa shape index (κ3) is 5.59. The number of nitrogens with zero attached hydrogens (tertiary/aromatic N) is 2. The minimum Gasteiger partial charge on any atom is -0.491 e. The molecular weight excluding hydrogens is 457 g/mol. The van der Waals surface area contributed by atoms with Gasteiger partial charge in [-0.05, 0) is 74.2 Å². The van der Waals surface area contributed by atoms with E-state index in [0.29, 0.717) is 18.3 Å². The molecule has 1 N–H and O–H groups in total. The molecule has 2 atom stereocenters. The molecule has 5 rings (SSSR count). The standard InChI is InChI=1S/C29H36FN3O3/c1-21-27-8-7-25(36-20-26-5-3-16-35-26)17-22(27)10-14-33(21)24-6-9-29(28(30)18-24)32-13-11-23(19-32)31-12-4-15-34-2/h6-10,14,17-18,23,26,31H,1,3-5,11-13,15-16,19-20H2,2H3. The van der Waals surface area contributed by atoms with E-state index in [1.807, 2.05) is 47.5 Å². The third-order valence-corrected chi connectivity index (χ3v) is 7.18. The molecule has 3 heterocycles. The average molecular weight is 494 g/mol. The number of ether oxygens (including phenoxy) is 3. The predicted molar refractivity (Wildman–Crippen MR) is 143 cm³/mol. The van der Waals surface area contributed by atoms with E-state index in [4.69, 9.17) is 14.2 Å². The molecule has 7 heteroatoms. The molecule has 3 aliphatic heterocycles. The highest BCUT2D eigenvalue weighted by Crippen LogP contribution is 2.36. The summed E-state index contributed by atoms with van der Waals surface area (Å²) in [5, 5.41) is 3.55. The van der Waals surface area contributed by atoms with Gasteiger partial charge in [0.05, 0.1) is 11.8 Å². The Morgan fingerprint density at radius 2 is 2.11 bits per heavy atom. The zero-order valence-corrected chi connectivity index (χ0v) is 21.0. The largest absolute Gasteiger partial charge is 0.491 e. The molecule has 0 spiro atoms. The summed E-state index contributed by atoms with van der Waals surface area (Å²) in [5.74, 6) is 0.611. The van der Waals surface area contributed by atoms with E-state index in [-0.39, 0.29) is 11.9 Å².